The zero-order valence-corrected chi connectivity index (χ0v) is 29.2. The normalized spacial score (nSPS) is 20.5. The van der Waals surface area contributed by atoms with E-state index in [2.05, 4.69) is 5.32 Å². The van der Waals surface area contributed by atoms with E-state index in [1.807, 2.05) is 51.1 Å². The van der Waals surface area contributed by atoms with Crippen LogP contribution in [-0.4, -0.2) is 94.7 Å². The molecule has 2 aromatic carbocycles. The van der Waals surface area contributed by atoms with Crippen molar-refractivity contribution in [3.8, 4) is 0 Å². The molecule has 262 valence electrons. The van der Waals surface area contributed by atoms with Gasteiger partial charge in [0, 0.05) is 13.6 Å². The molecule has 2 heterocycles. The molecule has 0 saturated carbocycles. The van der Waals surface area contributed by atoms with Crippen molar-refractivity contribution in [3.05, 3.63) is 71.5 Å². The summed E-state index contributed by atoms with van der Waals surface area (Å²) in [4.78, 5) is 58.5. The van der Waals surface area contributed by atoms with Gasteiger partial charge in [-0.05, 0) is 62.8 Å². The third-order valence-corrected chi connectivity index (χ3v) is 8.72. The van der Waals surface area contributed by atoms with Gasteiger partial charge in [0.2, 0.25) is 11.8 Å². The highest BCUT2D eigenvalue weighted by Crippen LogP contribution is 2.37. The molecule has 0 spiro atoms. The van der Waals surface area contributed by atoms with Crippen molar-refractivity contribution in [1.82, 2.24) is 20.0 Å². The first-order valence-corrected chi connectivity index (χ1v) is 16.4. The van der Waals surface area contributed by atoms with E-state index in [-0.39, 0.29) is 37.5 Å². The molecule has 1 N–H and O–H groups in total. The Labute approximate surface area is 282 Å². The fourth-order valence-electron chi connectivity index (χ4n) is 5.98. The second-order valence-electron chi connectivity index (χ2n) is 14.6. The van der Waals surface area contributed by atoms with Gasteiger partial charge in [0.05, 0.1) is 31.3 Å². The fraction of sp³-hybridized carbons (Fsp3) is 0.556. The second-order valence-corrected chi connectivity index (χ2v) is 14.6. The van der Waals surface area contributed by atoms with E-state index < -0.39 is 53.3 Å². The summed E-state index contributed by atoms with van der Waals surface area (Å²) < 4.78 is 30.9. The lowest BCUT2D eigenvalue weighted by Crippen LogP contribution is -2.60. The molecule has 0 radical (unpaired) electrons. The van der Waals surface area contributed by atoms with Gasteiger partial charge in [-0.25, -0.2) is 14.0 Å². The van der Waals surface area contributed by atoms with Crippen LogP contribution in [0.3, 0.4) is 0 Å². The van der Waals surface area contributed by atoms with Gasteiger partial charge in [0.1, 0.15) is 30.1 Å². The van der Waals surface area contributed by atoms with Crippen molar-refractivity contribution < 1.29 is 37.8 Å². The molecule has 48 heavy (non-hydrogen) atoms. The lowest BCUT2D eigenvalue weighted by Gasteiger charge is -2.37. The Kier molecular flexibility index (Phi) is 11.4. The predicted octanol–water partition coefficient (Wildman–Crippen LogP) is 5.12. The van der Waals surface area contributed by atoms with E-state index >= 15 is 0 Å². The molecule has 5 atom stereocenters. The van der Waals surface area contributed by atoms with Crippen LogP contribution in [0.15, 0.2) is 54.6 Å². The molecule has 2 fully saturated rings. The Morgan fingerprint density at radius 2 is 1.56 bits per heavy atom. The Balaban J connectivity index is 1.50. The minimum Gasteiger partial charge on any atom is -0.445 e. The van der Waals surface area contributed by atoms with Gasteiger partial charge in [-0.1, -0.05) is 63.2 Å². The van der Waals surface area contributed by atoms with Gasteiger partial charge in [-0.3, -0.25) is 14.5 Å². The first-order chi connectivity index (χ1) is 22.5. The average Bonchev–Trinajstić information content (AvgIpc) is 3.61. The van der Waals surface area contributed by atoms with E-state index in [9.17, 15) is 23.6 Å². The van der Waals surface area contributed by atoms with Crippen molar-refractivity contribution in [3.63, 3.8) is 0 Å². The number of rotatable bonds is 9. The number of carbonyl (C=O) groups is 4. The number of nitrogens with one attached hydrogen (secondary N) is 1. The fourth-order valence-corrected chi connectivity index (χ4v) is 5.98. The Morgan fingerprint density at radius 1 is 0.938 bits per heavy atom. The molecular weight excluding hydrogens is 619 g/mol. The van der Waals surface area contributed by atoms with Gasteiger partial charge < -0.3 is 29.3 Å². The van der Waals surface area contributed by atoms with Gasteiger partial charge in [0.15, 0.2) is 0 Å². The van der Waals surface area contributed by atoms with Gasteiger partial charge >= 0.3 is 12.2 Å². The molecule has 1 unspecified atom stereocenters. The van der Waals surface area contributed by atoms with E-state index in [0.29, 0.717) is 13.0 Å². The average molecular weight is 669 g/mol. The van der Waals surface area contributed by atoms with Crippen molar-refractivity contribution in [2.24, 2.45) is 5.41 Å². The molecule has 2 aromatic rings. The highest BCUT2D eigenvalue weighted by atomic mass is 19.1. The van der Waals surface area contributed by atoms with Crippen LogP contribution in [0.25, 0.3) is 0 Å². The van der Waals surface area contributed by atoms with Crippen molar-refractivity contribution in [1.29, 1.82) is 0 Å². The lowest BCUT2D eigenvalue weighted by atomic mass is 9.85. The summed E-state index contributed by atoms with van der Waals surface area (Å²) in [5.74, 6) is -1.18. The summed E-state index contributed by atoms with van der Waals surface area (Å²) in [6.45, 7) is 13.3. The quantitative estimate of drug-likeness (QED) is 0.394. The van der Waals surface area contributed by atoms with E-state index in [1.54, 1.807) is 49.6 Å². The molecule has 4 amide bonds. The summed E-state index contributed by atoms with van der Waals surface area (Å²) in [6.07, 6.45) is -1.21. The van der Waals surface area contributed by atoms with Crippen molar-refractivity contribution in [2.75, 3.05) is 20.1 Å². The van der Waals surface area contributed by atoms with Crippen LogP contribution in [0.1, 0.15) is 66.0 Å². The minimum absolute atomic E-state index is 0.0592. The van der Waals surface area contributed by atoms with E-state index in [1.165, 1.54) is 24.1 Å². The van der Waals surface area contributed by atoms with Gasteiger partial charge in [-0.2, -0.15) is 0 Å². The number of fused-ring (bicyclic) bond motifs is 1. The third kappa shape index (κ3) is 9.03. The van der Waals surface area contributed by atoms with Crippen LogP contribution in [0.4, 0.5) is 14.0 Å². The number of amides is 4. The van der Waals surface area contributed by atoms with Crippen LogP contribution < -0.4 is 5.32 Å². The zero-order valence-electron chi connectivity index (χ0n) is 29.2. The summed E-state index contributed by atoms with van der Waals surface area (Å²) in [5.41, 5.74) is 0.147. The molecule has 2 aliphatic heterocycles. The summed E-state index contributed by atoms with van der Waals surface area (Å²) in [7, 11) is 1.48. The standard InChI is InChI=1S/C36H49FN4O7/c1-23(39(8)33(44)47-22-24-12-10-9-11-13-24)31(42)38-30(35(2,3)4)32(43)40-19-18-27-29(40)28(20-41(27)34(45)48-36(5,6)7)46-21-25-14-16-26(37)17-15-25/h9-17,23,27-30H,18-22H2,1-8H3,(H,38,42)/t23-,27+,28-,29-,30?/m0/s1. The third-order valence-electron chi connectivity index (χ3n) is 8.72. The topological polar surface area (TPSA) is 118 Å². The number of halogens is 1. The van der Waals surface area contributed by atoms with Crippen LogP contribution in [-0.2, 0) is 37.0 Å². The van der Waals surface area contributed by atoms with Crippen molar-refractivity contribution >= 4 is 24.0 Å². The molecule has 0 aromatic heterocycles. The molecule has 11 nitrogen and oxygen atoms in total. The smallest absolute Gasteiger partial charge is 0.410 e. The number of hydrogen-bond acceptors (Lipinski definition) is 7. The number of nitrogens with zero attached hydrogens (tertiary/aromatic N) is 3. The van der Waals surface area contributed by atoms with Crippen LogP contribution in [0.2, 0.25) is 0 Å². The molecule has 0 aliphatic carbocycles. The monoisotopic (exact) mass is 668 g/mol. The largest absolute Gasteiger partial charge is 0.445 e. The number of carbonyl (C=O) groups excluding carboxylic acids is 4. The Bertz CT molecular complexity index is 1440. The molecular formula is C36H49FN4O7. The molecule has 2 saturated heterocycles. The molecule has 12 heteroatoms. The Hall–Kier alpha value is -4.19. The van der Waals surface area contributed by atoms with Crippen LogP contribution >= 0.6 is 0 Å². The second kappa shape index (κ2) is 14.9. The van der Waals surface area contributed by atoms with E-state index in [4.69, 9.17) is 14.2 Å². The zero-order chi connectivity index (χ0) is 35.4. The van der Waals surface area contributed by atoms with Crippen molar-refractivity contribution in [2.45, 2.75) is 104 Å². The van der Waals surface area contributed by atoms with E-state index in [0.717, 1.165) is 11.1 Å². The van der Waals surface area contributed by atoms with Gasteiger partial charge in [-0.15, -0.1) is 0 Å². The molecule has 0 bridgehead atoms. The predicted molar refractivity (Wildman–Crippen MR) is 177 cm³/mol. The summed E-state index contributed by atoms with van der Waals surface area (Å²) in [6, 6.07) is 12.4. The van der Waals surface area contributed by atoms with Crippen LogP contribution in [0, 0.1) is 11.2 Å². The number of benzene rings is 2. The highest BCUT2D eigenvalue weighted by molar-refractivity contribution is 5.92. The van der Waals surface area contributed by atoms with Crippen LogP contribution in [0.5, 0.6) is 0 Å². The SMILES string of the molecule is C[C@@H](C(=O)NC(C(=O)N1CC[C@@H]2[C@H]1[C@@H](OCc1ccc(F)cc1)CN2C(=O)OC(C)(C)C)C(C)(C)C)N(C)C(=O)OCc1ccccc1. The maximum Gasteiger partial charge on any atom is 0.410 e. The number of likely N-dealkylation sites (N-methyl/N-ethyl adjacent to an activating group) is 1. The number of likely N-dealkylation sites (tertiary alicyclic amines) is 2. The maximum atomic E-state index is 14.4. The summed E-state index contributed by atoms with van der Waals surface area (Å²) >= 11 is 0. The molecule has 4 rings (SSSR count). The first kappa shape index (κ1) is 36.6. The number of ether oxygens (including phenoxy) is 3. The highest BCUT2D eigenvalue weighted by Gasteiger charge is 2.55. The number of hydrogen-bond donors (Lipinski definition) is 1. The minimum atomic E-state index is -0.951. The Morgan fingerprint density at radius 3 is 2.17 bits per heavy atom. The molecule has 2 aliphatic rings. The lowest BCUT2D eigenvalue weighted by molar-refractivity contribution is -0.143. The maximum absolute atomic E-state index is 14.4. The summed E-state index contributed by atoms with van der Waals surface area (Å²) in [5, 5.41) is 2.90. The van der Waals surface area contributed by atoms with Gasteiger partial charge in [0.25, 0.3) is 0 Å². The first-order valence-electron chi connectivity index (χ1n) is 16.4.